The Labute approximate surface area is 168 Å². The molecular weight excluding hydrogens is 396 g/mol. The molecule has 27 heavy (non-hydrogen) atoms. The van der Waals surface area contributed by atoms with Crippen LogP contribution in [0, 0.1) is 13.8 Å². The second-order valence-corrected chi connectivity index (χ2v) is 10.5. The first-order valence-electron chi connectivity index (χ1n) is 8.94. The highest BCUT2D eigenvalue weighted by atomic mass is 32.2. The van der Waals surface area contributed by atoms with E-state index in [4.69, 9.17) is 4.98 Å². The molecule has 4 aromatic heterocycles. The van der Waals surface area contributed by atoms with Crippen LogP contribution in [0.25, 0.3) is 20.4 Å². The van der Waals surface area contributed by atoms with Gasteiger partial charge in [-0.25, -0.2) is 15.0 Å². The largest absolute Gasteiger partial charge is 0.309 e. The van der Waals surface area contributed by atoms with Crippen molar-refractivity contribution in [2.24, 2.45) is 0 Å². The summed E-state index contributed by atoms with van der Waals surface area (Å²) in [5, 5.41) is 2.92. The number of aromatic nitrogens is 4. The maximum absolute atomic E-state index is 12.6. The zero-order valence-corrected chi connectivity index (χ0v) is 17.7. The number of aryl methyl sites for hydroxylation is 4. The van der Waals surface area contributed by atoms with Crippen LogP contribution in [0.1, 0.15) is 45.3 Å². The molecule has 8 heteroatoms. The van der Waals surface area contributed by atoms with E-state index in [2.05, 4.69) is 21.9 Å². The number of thioether (sulfide) groups is 1. The Morgan fingerprint density at radius 1 is 1.15 bits per heavy atom. The highest BCUT2D eigenvalue weighted by Gasteiger charge is 2.23. The van der Waals surface area contributed by atoms with Gasteiger partial charge in [-0.2, -0.15) is 0 Å². The Kier molecular flexibility index (Phi) is 4.10. The van der Waals surface area contributed by atoms with Crippen molar-refractivity contribution in [3.8, 4) is 0 Å². The molecule has 4 aromatic rings. The number of H-pyrrole nitrogens is 1. The number of hydrogen-bond acceptors (Lipinski definition) is 7. The molecule has 0 aliphatic heterocycles. The zero-order chi connectivity index (χ0) is 18.7. The third-order valence-corrected chi connectivity index (χ3v) is 8.61. The summed E-state index contributed by atoms with van der Waals surface area (Å²) in [6.45, 7) is 6.09. The van der Waals surface area contributed by atoms with Crippen molar-refractivity contribution < 1.29 is 0 Å². The average molecular weight is 415 g/mol. The van der Waals surface area contributed by atoms with E-state index >= 15 is 0 Å². The Bertz CT molecular complexity index is 1250. The van der Waals surface area contributed by atoms with E-state index in [-0.39, 0.29) is 10.8 Å². The lowest BCUT2D eigenvalue weighted by molar-refractivity contribution is 0.912. The van der Waals surface area contributed by atoms with Gasteiger partial charge in [0.15, 0.2) is 0 Å². The summed E-state index contributed by atoms with van der Waals surface area (Å²) < 4.78 is 0. The number of fused-ring (bicyclic) bond motifs is 4. The van der Waals surface area contributed by atoms with Crippen LogP contribution in [0.3, 0.4) is 0 Å². The Morgan fingerprint density at radius 2 is 2.00 bits per heavy atom. The molecule has 0 unspecified atom stereocenters. The smallest absolute Gasteiger partial charge is 0.259 e. The molecule has 0 spiro atoms. The third-order valence-electron chi connectivity index (χ3n) is 5.20. The van der Waals surface area contributed by atoms with Gasteiger partial charge >= 0.3 is 0 Å². The molecule has 0 bridgehead atoms. The first-order valence-corrected chi connectivity index (χ1v) is 11.5. The summed E-state index contributed by atoms with van der Waals surface area (Å²) in [5.74, 6) is 0.706. The van der Waals surface area contributed by atoms with Crippen LogP contribution < -0.4 is 5.56 Å². The number of nitrogens with zero attached hydrogens (tertiary/aromatic N) is 3. The van der Waals surface area contributed by atoms with Crippen LogP contribution in [-0.2, 0) is 12.8 Å². The van der Waals surface area contributed by atoms with E-state index in [0.29, 0.717) is 5.82 Å². The van der Waals surface area contributed by atoms with Crippen molar-refractivity contribution in [2.75, 3.05) is 0 Å². The number of rotatable bonds is 3. The van der Waals surface area contributed by atoms with Crippen LogP contribution in [0.5, 0.6) is 0 Å². The molecule has 1 N–H and O–H groups in total. The lowest BCUT2D eigenvalue weighted by Gasteiger charge is -2.11. The fraction of sp³-hybridized carbons (Fsp3) is 0.368. The van der Waals surface area contributed by atoms with Crippen LogP contribution in [0.2, 0.25) is 0 Å². The monoisotopic (exact) mass is 414 g/mol. The van der Waals surface area contributed by atoms with Crippen molar-refractivity contribution >= 4 is 54.9 Å². The Balaban J connectivity index is 1.56. The van der Waals surface area contributed by atoms with Gasteiger partial charge < -0.3 is 4.98 Å². The first-order chi connectivity index (χ1) is 13.0. The van der Waals surface area contributed by atoms with E-state index in [1.54, 1.807) is 40.8 Å². The van der Waals surface area contributed by atoms with Crippen LogP contribution in [0.4, 0.5) is 0 Å². The molecule has 4 heterocycles. The fourth-order valence-electron chi connectivity index (χ4n) is 3.68. The second-order valence-electron chi connectivity index (χ2n) is 6.89. The van der Waals surface area contributed by atoms with E-state index in [9.17, 15) is 4.79 Å². The molecule has 5 rings (SSSR count). The van der Waals surface area contributed by atoms with Gasteiger partial charge in [-0.1, -0.05) is 11.8 Å². The number of hydrogen-bond donors (Lipinski definition) is 1. The van der Waals surface area contributed by atoms with Gasteiger partial charge in [-0.3, -0.25) is 4.79 Å². The lowest BCUT2D eigenvalue weighted by atomic mass is 10.2. The average Bonchev–Trinajstić information content (AvgIpc) is 3.29. The molecule has 138 valence electrons. The summed E-state index contributed by atoms with van der Waals surface area (Å²) in [5.41, 5.74) is 2.40. The summed E-state index contributed by atoms with van der Waals surface area (Å²) in [4.78, 5) is 33.9. The number of thiophene rings is 2. The summed E-state index contributed by atoms with van der Waals surface area (Å²) in [6, 6.07) is 0. The van der Waals surface area contributed by atoms with Gasteiger partial charge in [-0.15, -0.1) is 22.7 Å². The number of nitrogens with one attached hydrogen (secondary N) is 1. The second kappa shape index (κ2) is 6.39. The minimum atomic E-state index is -0.0476. The first kappa shape index (κ1) is 17.3. The van der Waals surface area contributed by atoms with Gasteiger partial charge in [0.1, 0.15) is 26.8 Å². The fourth-order valence-corrected chi connectivity index (χ4v) is 7.01. The van der Waals surface area contributed by atoms with Gasteiger partial charge in [0.25, 0.3) is 5.56 Å². The quantitative estimate of drug-likeness (QED) is 0.379. The highest BCUT2D eigenvalue weighted by molar-refractivity contribution is 7.99. The van der Waals surface area contributed by atoms with Gasteiger partial charge in [0, 0.05) is 15.1 Å². The van der Waals surface area contributed by atoms with E-state index in [0.717, 1.165) is 43.4 Å². The van der Waals surface area contributed by atoms with Gasteiger partial charge in [0.05, 0.1) is 10.6 Å². The molecule has 0 fully saturated rings. The predicted molar refractivity (Wildman–Crippen MR) is 113 cm³/mol. The summed E-state index contributed by atoms with van der Waals surface area (Å²) >= 11 is 5.04. The molecule has 0 amide bonds. The van der Waals surface area contributed by atoms with Crippen molar-refractivity contribution in [3.63, 3.8) is 0 Å². The van der Waals surface area contributed by atoms with Gasteiger partial charge in [0.2, 0.25) is 0 Å². The van der Waals surface area contributed by atoms with Crippen molar-refractivity contribution in [3.05, 3.63) is 43.4 Å². The maximum Gasteiger partial charge on any atom is 0.259 e. The topological polar surface area (TPSA) is 71.5 Å². The maximum atomic E-state index is 12.6. The molecule has 5 nitrogen and oxygen atoms in total. The van der Waals surface area contributed by atoms with Crippen molar-refractivity contribution in [2.45, 2.75) is 50.3 Å². The predicted octanol–water partition coefficient (Wildman–Crippen LogP) is 4.95. The minimum absolute atomic E-state index is 0.000125. The lowest BCUT2D eigenvalue weighted by Crippen LogP contribution is -2.12. The molecule has 1 aliphatic carbocycles. The van der Waals surface area contributed by atoms with E-state index in [1.165, 1.54) is 22.2 Å². The SMILES string of the molecule is Cc1sc2nc([C@H](C)Sc3ncnc4sc5c(c34)CCC5)[nH]c(=O)c2c1C. The van der Waals surface area contributed by atoms with Crippen LogP contribution in [-0.4, -0.2) is 19.9 Å². The molecule has 0 saturated heterocycles. The van der Waals surface area contributed by atoms with Crippen molar-refractivity contribution in [1.82, 2.24) is 19.9 Å². The van der Waals surface area contributed by atoms with E-state index in [1.807, 2.05) is 13.8 Å². The van der Waals surface area contributed by atoms with E-state index < -0.39 is 0 Å². The number of aromatic amines is 1. The van der Waals surface area contributed by atoms with Crippen LogP contribution in [0.15, 0.2) is 16.1 Å². The highest BCUT2D eigenvalue weighted by Crippen LogP contribution is 2.43. The molecule has 0 aromatic carbocycles. The molecular formula is C19H18N4OS3. The molecule has 0 saturated carbocycles. The normalized spacial score (nSPS) is 14.9. The molecule has 1 aliphatic rings. The zero-order valence-electron chi connectivity index (χ0n) is 15.3. The minimum Gasteiger partial charge on any atom is -0.309 e. The van der Waals surface area contributed by atoms with Gasteiger partial charge in [-0.05, 0) is 51.2 Å². The van der Waals surface area contributed by atoms with Crippen LogP contribution >= 0.6 is 34.4 Å². The third kappa shape index (κ3) is 2.73. The Hall–Kier alpha value is -1.77. The standard InChI is InChI=1S/C19H18N4OS3/c1-8-9(2)25-19-13(8)16(24)22-15(23-19)10(3)26-17-14-11-5-4-6-12(11)27-18(14)21-7-20-17/h7,10H,4-6H2,1-3H3,(H,22,23,24)/t10-/m0/s1. The molecule has 0 radical (unpaired) electrons. The Morgan fingerprint density at radius 3 is 2.85 bits per heavy atom. The summed E-state index contributed by atoms with van der Waals surface area (Å²) in [7, 11) is 0. The van der Waals surface area contributed by atoms with Crippen molar-refractivity contribution in [1.29, 1.82) is 0 Å². The molecule has 1 atom stereocenters. The summed E-state index contributed by atoms with van der Waals surface area (Å²) in [6.07, 6.45) is 5.13.